The molecule has 0 saturated heterocycles. The second-order valence-electron chi connectivity index (χ2n) is 8.27. The van der Waals surface area contributed by atoms with Crippen molar-refractivity contribution >= 4 is 17.8 Å². The van der Waals surface area contributed by atoms with E-state index in [2.05, 4.69) is 4.98 Å². The average molecular weight is 459 g/mol. The normalized spacial score (nSPS) is 12.6. The first kappa shape index (κ1) is 23.2. The second-order valence-corrected chi connectivity index (χ2v) is 8.27. The van der Waals surface area contributed by atoms with Gasteiger partial charge in [0.25, 0.3) is 5.78 Å². The molecular formula is C27H26N2O5. The van der Waals surface area contributed by atoms with Gasteiger partial charge in [0.15, 0.2) is 0 Å². The van der Waals surface area contributed by atoms with Crippen LogP contribution in [0.3, 0.4) is 0 Å². The zero-order valence-corrected chi connectivity index (χ0v) is 19.5. The summed E-state index contributed by atoms with van der Waals surface area (Å²) in [6.07, 6.45) is 0.0769. The molecule has 0 bridgehead atoms. The van der Waals surface area contributed by atoms with Crippen molar-refractivity contribution in [2.75, 3.05) is 13.7 Å². The predicted octanol–water partition coefficient (Wildman–Crippen LogP) is 4.42. The third-order valence-corrected chi connectivity index (χ3v) is 5.93. The van der Waals surface area contributed by atoms with E-state index >= 15 is 0 Å². The number of aryl methyl sites for hydroxylation is 2. The minimum atomic E-state index is -0.951. The molecule has 7 nitrogen and oxygen atoms in total. The van der Waals surface area contributed by atoms with E-state index in [1.165, 1.54) is 7.11 Å². The number of benzene rings is 2. The highest BCUT2D eigenvalue weighted by molar-refractivity contribution is 6.42. The second kappa shape index (κ2) is 9.87. The van der Waals surface area contributed by atoms with E-state index < -0.39 is 17.8 Å². The Balaban J connectivity index is 1.72. The standard InChI is InChI=1S/C27H26N2O5/c1-17-9-11-20(12-10-17)24-21-15-29(27(32)34-16-19-7-5-4-6-8-19)14-13-22(21)28-18(2)23(24)25(30)26(31)33-3/h4-12H,13-16H2,1-3H3. The van der Waals surface area contributed by atoms with Crippen LogP contribution >= 0.6 is 0 Å². The van der Waals surface area contributed by atoms with E-state index in [0.717, 1.165) is 27.9 Å². The van der Waals surface area contributed by atoms with Crippen LogP contribution in [0.25, 0.3) is 11.1 Å². The number of esters is 1. The van der Waals surface area contributed by atoms with E-state index in [1.807, 2.05) is 61.5 Å². The minimum Gasteiger partial charge on any atom is -0.463 e. The number of ether oxygens (including phenoxy) is 2. The summed E-state index contributed by atoms with van der Waals surface area (Å²) in [6, 6.07) is 17.2. The van der Waals surface area contributed by atoms with Gasteiger partial charge in [-0.25, -0.2) is 9.59 Å². The number of carbonyl (C=O) groups is 3. The third-order valence-electron chi connectivity index (χ3n) is 5.93. The molecule has 1 aromatic heterocycles. The SMILES string of the molecule is COC(=O)C(=O)c1c(C)nc2c(c1-c1ccc(C)cc1)CN(C(=O)OCc1ccccc1)CC2. The summed E-state index contributed by atoms with van der Waals surface area (Å²) in [5.74, 6) is -1.71. The quantitative estimate of drug-likeness (QED) is 0.320. The maximum atomic E-state index is 13.0. The molecule has 0 unspecified atom stereocenters. The van der Waals surface area contributed by atoms with Crippen molar-refractivity contribution in [2.24, 2.45) is 0 Å². The van der Waals surface area contributed by atoms with Gasteiger partial charge in [-0.15, -0.1) is 0 Å². The lowest BCUT2D eigenvalue weighted by molar-refractivity contribution is -0.135. The van der Waals surface area contributed by atoms with Crippen LogP contribution in [0.1, 0.15) is 38.4 Å². The summed E-state index contributed by atoms with van der Waals surface area (Å²) in [5.41, 5.74) is 5.56. The van der Waals surface area contributed by atoms with Crippen molar-refractivity contribution < 1.29 is 23.9 Å². The summed E-state index contributed by atoms with van der Waals surface area (Å²) in [4.78, 5) is 44.3. The van der Waals surface area contributed by atoms with Gasteiger partial charge in [0, 0.05) is 35.5 Å². The number of hydrogen-bond donors (Lipinski definition) is 0. The van der Waals surface area contributed by atoms with Gasteiger partial charge in [-0.2, -0.15) is 0 Å². The van der Waals surface area contributed by atoms with Crippen LogP contribution in [0, 0.1) is 13.8 Å². The molecule has 2 aromatic carbocycles. The van der Waals surface area contributed by atoms with Crippen LogP contribution < -0.4 is 0 Å². The number of carbonyl (C=O) groups excluding carboxylic acids is 3. The number of aromatic nitrogens is 1. The van der Waals surface area contributed by atoms with Gasteiger partial charge in [-0.3, -0.25) is 9.78 Å². The highest BCUT2D eigenvalue weighted by Gasteiger charge is 2.32. The van der Waals surface area contributed by atoms with E-state index in [9.17, 15) is 14.4 Å². The molecule has 2 heterocycles. The zero-order valence-electron chi connectivity index (χ0n) is 19.5. The molecule has 174 valence electrons. The van der Waals surface area contributed by atoms with Gasteiger partial charge < -0.3 is 14.4 Å². The topological polar surface area (TPSA) is 85.8 Å². The molecule has 0 saturated carbocycles. The number of rotatable bonds is 5. The molecule has 0 aliphatic carbocycles. The van der Waals surface area contributed by atoms with E-state index in [1.54, 1.807) is 11.8 Å². The van der Waals surface area contributed by atoms with E-state index in [0.29, 0.717) is 24.2 Å². The first-order valence-electron chi connectivity index (χ1n) is 11.1. The van der Waals surface area contributed by atoms with E-state index in [-0.39, 0.29) is 18.7 Å². The highest BCUT2D eigenvalue weighted by Crippen LogP contribution is 2.35. The monoisotopic (exact) mass is 458 g/mol. The first-order valence-corrected chi connectivity index (χ1v) is 11.1. The molecule has 0 fully saturated rings. The molecule has 7 heteroatoms. The Kier molecular flexibility index (Phi) is 6.72. The van der Waals surface area contributed by atoms with Gasteiger partial charge in [0.1, 0.15) is 6.61 Å². The molecule has 1 aliphatic rings. The molecule has 1 aliphatic heterocycles. The molecule has 0 N–H and O–H groups in total. The fraction of sp³-hybridized carbons (Fsp3) is 0.259. The number of amides is 1. The Morgan fingerprint density at radius 3 is 2.38 bits per heavy atom. The fourth-order valence-corrected chi connectivity index (χ4v) is 4.17. The number of nitrogens with zero attached hydrogens (tertiary/aromatic N) is 2. The van der Waals surface area contributed by atoms with Crippen molar-refractivity contribution in [3.05, 3.63) is 88.2 Å². The zero-order chi connectivity index (χ0) is 24.2. The summed E-state index contributed by atoms with van der Waals surface area (Å²) < 4.78 is 10.2. The minimum absolute atomic E-state index is 0.173. The Labute approximate surface area is 198 Å². The van der Waals surface area contributed by atoms with Crippen LogP contribution in [-0.2, 0) is 33.8 Å². The van der Waals surface area contributed by atoms with Crippen molar-refractivity contribution in [3.8, 4) is 11.1 Å². The Morgan fingerprint density at radius 2 is 1.71 bits per heavy atom. The number of Topliss-reactive ketones (excluding diaryl/α,β-unsaturated/α-hetero) is 1. The van der Waals surface area contributed by atoms with Gasteiger partial charge in [-0.05, 0) is 25.0 Å². The Morgan fingerprint density at radius 1 is 1.00 bits per heavy atom. The number of fused-ring (bicyclic) bond motifs is 1. The molecule has 0 spiro atoms. The summed E-state index contributed by atoms with van der Waals surface area (Å²) in [6.45, 7) is 4.54. The lowest BCUT2D eigenvalue weighted by Gasteiger charge is -2.30. The highest BCUT2D eigenvalue weighted by atomic mass is 16.6. The number of pyridine rings is 1. The van der Waals surface area contributed by atoms with Crippen molar-refractivity contribution in [1.82, 2.24) is 9.88 Å². The molecule has 0 atom stereocenters. The average Bonchev–Trinajstić information content (AvgIpc) is 2.86. The number of hydrogen-bond acceptors (Lipinski definition) is 6. The van der Waals surface area contributed by atoms with Gasteiger partial charge >= 0.3 is 12.1 Å². The summed E-state index contributed by atoms with van der Waals surface area (Å²) >= 11 is 0. The maximum absolute atomic E-state index is 13.0. The molecule has 0 radical (unpaired) electrons. The third kappa shape index (κ3) is 4.69. The van der Waals surface area contributed by atoms with Crippen LogP contribution in [0.4, 0.5) is 4.79 Å². The van der Waals surface area contributed by atoms with Gasteiger partial charge in [0.2, 0.25) is 0 Å². The predicted molar refractivity (Wildman–Crippen MR) is 126 cm³/mol. The fourth-order valence-electron chi connectivity index (χ4n) is 4.17. The van der Waals surface area contributed by atoms with Crippen LogP contribution in [0.5, 0.6) is 0 Å². The van der Waals surface area contributed by atoms with Gasteiger partial charge in [0.05, 0.1) is 19.2 Å². The molecule has 34 heavy (non-hydrogen) atoms. The van der Waals surface area contributed by atoms with Crippen LogP contribution in [0.15, 0.2) is 54.6 Å². The number of ketones is 1. The molecule has 4 rings (SSSR count). The van der Waals surface area contributed by atoms with Crippen molar-refractivity contribution in [2.45, 2.75) is 33.4 Å². The van der Waals surface area contributed by atoms with E-state index in [4.69, 9.17) is 9.47 Å². The first-order chi connectivity index (χ1) is 16.4. The molecule has 1 amide bonds. The lowest BCUT2D eigenvalue weighted by atomic mass is 9.88. The lowest BCUT2D eigenvalue weighted by Crippen LogP contribution is -2.37. The van der Waals surface area contributed by atoms with Crippen molar-refractivity contribution in [3.63, 3.8) is 0 Å². The van der Waals surface area contributed by atoms with Gasteiger partial charge in [-0.1, -0.05) is 60.2 Å². The molecule has 3 aromatic rings. The molecular weight excluding hydrogens is 432 g/mol. The Bertz CT molecular complexity index is 1240. The summed E-state index contributed by atoms with van der Waals surface area (Å²) in [5, 5.41) is 0. The smallest absolute Gasteiger partial charge is 0.410 e. The summed E-state index contributed by atoms with van der Waals surface area (Å²) in [7, 11) is 1.18. The Hall–Kier alpha value is -4.00. The number of methoxy groups -OCH3 is 1. The largest absolute Gasteiger partial charge is 0.463 e. The van der Waals surface area contributed by atoms with Crippen LogP contribution in [-0.4, -0.2) is 41.4 Å². The maximum Gasteiger partial charge on any atom is 0.410 e. The van der Waals surface area contributed by atoms with Crippen LogP contribution in [0.2, 0.25) is 0 Å². The van der Waals surface area contributed by atoms with Crippen molar-refractivity contribution in [1.29, 1.82) is 0 Å².